The van der Waals surface area contributed by atoms with E-state index >= 15 is 0 Å². The van der Waals surface area contributed by atoms with E-state index in [1.54, 1.807) is 11.8 Å². The fourth-order valence-corrected chi connectivity index (χ4v) is 3.10. The van der Waals surface area contributed by atoms with E-state index in [4.69, 9.17) is 0 Å². The largest absolute Gasteiger partial charge is 0.369 e. The van der Waals surface area contributed by atoms with Crippen molar-refractivity contribution < 1.29 is 0 Å². The van der Waals surface area contributed by atoms with Crippen LogP contribution in [0.3, 0.4) is 0 Å². The zero-order valence-corrected chi connectivity index (χ0v) is 14.1. The number of benzene rings is 2. The minimum atomic E-state index is 0.844. The van der Waals surface area contributed by atoms with E-state index in [0.29, 0.717) is 0 Å². The second-order valence-corrected chi connectivity index (χ2v) is 6.55. The van der Waals surface area contributed by atoms with Gasteiger partial charge in [-0.2, -0.15) is 0 Å². The van der Waals surface area contributed by atoms with Gasteiger partial charge in [0.25, 0.3) is 0 Å². The summed E-state index contributed by atoms with van der Waals surface area (Å²) < 4.78 is 0. The first kappa shape index (κ1) is 15.8. The summed E-state index contributed by atoms with van der Waals surface area (Å²) in [5.41, 5.74) is 2.38. The molecular weight excluding hydrogens is 302 g/mol. The minimum Gasteiger partial charge on any atom is -0.369 e. The predicted octanol–water partition coefficient (Wildman–Crippen LogP) is 4.79. The highest BCUT2D eigenvalue weighted by atomic mass is 32.2. The molecule has 23 heavy (non-hydrogen) atoms. The highest BCUT2D eigenvalue weighted by Gasteiger charge is 2.07. The van der Waals surface area contributed by atoms with Crippen molar-refractivity contribution in [3.8, 4) is 0 Å². The summed E-state index contributed by atoms with van der Waals surface area (Å²) in [7, 11) is 0. The van der Waals surface area contributed by atoms with Gasteiger partial charge in [-0.25, -0.2) is 9.97 Å². The number of aromatic nitrogens is 2. The van der Waals surface area contributed by atoms with Crippen molar-refractivity contribution >= 4 is 28.5 Å². The molecule has 0 amide bonds. The first-order valence-corrected chi connectivity index (χ1v) is 9.03. The van der Waals surface area contributed by atoms with E-state index < -0.39 is 0 Å². The van der Waals surface area contributed by atoms with Gasteiger partial charge in [-0.1, -0.05) is 61.2 Å². The summed E-state index contributed by atoms with van der Waals surface area (Å²) >= 11 is 1.68. The van der Waals surface area contributed by atoms with Crippen molar-refractivity contribution in [3.05, 3.63) is 60.2 Å². The number of nitrogens with zero attached hydrogens (tertiary/aromatic N) is 2. The van der Waals surface area contributed by atoms with Gasteiger partial charge < -0.3 is 5.32 Å². The smallest absolute Gasteiger partial charge is 0.190 e. The number of para-hydroxylation sites is 1. The van der Waals surface area contributed by atoms with Gasteiger partial charge in [-0.15, -0.1) is 0 Å². The predicted molar refractivity (Wildman–Crippen MR) is 99.2 cm³/mol. The van der Waals surface area contributed by atoms with E-state index in [2.05, 4.69) is 58.6 Å². The Balaban J connectivity index is 1.68. The lowest BCUT2D eigenvalue weighted by Crippen LogP contribution is -2.06. The highest BCUT2D eigenvalue weighted by Crippen LogP contribution is 2.24. The van der Waals surface area contributed by atoms with Crippen molar-refractivity contribution in [1.29, 1.82) is 0 Å². The first-order valence-electron chi connectivity index (χ1n) is 8.04. The SMILES string of the molecule is CCSc1nc(NCCCc2ccccc2)c2ccccc2n1. The fraction of sp³-hybridized carbons (Fsp3) is 0.263. The zero-order valence-electron chi connectivity index (χ0n) is 13.3. The maximum Gasteiger partial charge on any atom is 0.190 e. The standard InChI is InChI=1S/C19H21N3S/c1-2-23-19-21-17-13-7-6-12-16(17)18(22-19)20-14-8-11-15-9-4-3-5-10-15/h3-7,9-10,12-13H,2,8,11,14H2,1H3,(H,20,21,22). The van der Waals surface area contributed by atoms with Crippen LogP contribution in [0.5, 0.6) is 0 Å². The van der Waals surface area contributed by atoms with Crippen LogP contribution in [0.15, 0.2) is 59.8 Å². The van der Waals surface area contributed by atoms with Crippen LogP contribution in [0.1, 0.15) is 18.9 Å². The Hall–Kier alpha value is -2.07. The van der Waals surface area contributed by atoms with Crippen LogP contribution >= 0.6 is 11.8 Å². The molecule has 0 saturated heterocycles. The van der Waals surface area contributed by atoms with Gasteiger partial charge in [-0.05, 0) is 36.3 Å². The molecule has 0 fully saturated rings. The van der Waals surface area contributed by atoms with Crippen LogP contribution < -0.4 is 5.32 Å². The van der Waals surface area contributed by atoms with Gasteiger partial charge >= 0.3 is 0 Å². The van der Waals surface area contributed by atoms with E-state index in [0.717, 1.165) is 47.0 Å². The molecule has 2 aromatic carbocycles. The summed E-state index contributed by atoms with van der Waals surface area (Å²) in [6, 6.07) is 18.8. The van der Waals surface area contributed by atoms with Crippen LogP contribution in [0.4, 0.5) is 5.82 Å². The van der Waals surface area contributed by atoms with Crippen LogP contribution in [0.2, 0.25) is 0 Å². The maximum absolute atomic E-state index is 4.68. The summed E-state index contributed by atoms with van der Waals surface area (Å²) in [4.78, 5) is 9.29. The molecule has 0 saturated carbocycles. The number of rotatable bonds is 7. The third-order valence-electron chi connectivity index (χ3n) is 3.63. The second-order valence-electron chi connectivity index (χ2n) is 5.32. The van der Waals surface area contributed by atoms with Gasteiger partial charge in [0, 0.05) is 11.9 Å². The van der Waals surface area contributed by atoms with Crippen molar-refractivity contribution in [2.24, 2.45) is 0 Å². The molecule has 0 aliphatic heterocycles. The molecule has 3 nitrogen and oxygen atoms in total. The quantitative estimate of drug-likeness (QED) is 0.385. The van der Waals surface area contributed by atoms with Crippen molar-refractivity contribution in [2.75, 3.05) is 17.6 Å². The van der Waals surface area contributed by atoms with Gasteiger partial charge in [-0.3, -0.25) is 0 Å². The molecule has 0 bridgehead atoms. The maximum atomic E-state index is 4.68. The molecule has 1 heterocycles. The average Bonchev–Trinajstić information content (AvgIpc) is 2.60. The number of fused-ring (bicyclic) bond motifs is 1. The van der Waals surface area contributed by atoms with Crippen LogP contribution in [-0.2, 0) is 6.42 Å². The lowest BCUT2D eigenvalue weighted by molar-refractivity contribution is 0.854. The first-order chi connectivity index (χ1) is 11.4. The molecule has 3 rings (SSSR count). The Bertz CT molecular complexity index is 759. The molecule has 0 unspecified atom stereocenters. The average molecular weight is 323 g/mol. The third-order valence-corrected chi connectivity index (χ3v) is 4.36. The molecule has 0 atom stereocenters. The number of nitrogens with one attached hydrogen (secondary N) is 1. The van der Waals surface area contributed by atoms with E-state index in [-0.39, 0.29) is 0 Å². The van der Waals surface area contributed by atoms with Crippen molar-refractivity contribution in [3.63, 3.8) is 0 Å². The molecule has 0 aliphatic rings. The number of hydrogen-bond donors (Lipinski definition) is 1. The van der Waals surface area contributed by atoms with Crippen LogP contribution in [0, 0.1) is 0 Å². The van der Waals surface area contributed by atoms with Gasteiger partial charge in [0.05, 0.1) is 5.52 Å². The zero-order chi connectivity index (χ0) is 15.9. The fourth-order valence-electron chi connectivity index (χ4n) is 2.53. The number of anilines is 1. The monoisotopic (exact) mass is 323 g/mol. The molecule has 1 aromatic heterocycles. The number of thioether (sulfide) groups is 1. The Morgan fingerprint density at radius 3 is 2.57 bits per heavy atom. The van der Waals surface area contributed by atoms with Crippen molar-refractivity contribution in [2.45, 2.75) is 24.9 Å². The lowest BCUT2D eigenvalue weighted by atomic mass is 10.1. The second kappa shape index (κ2) is 7.97. The van der Waals surface area contributed by atoms with Gasteiger partial charge in [0.2, 0.25) is 0 Å². The number of hydrogen-bond acceptors (Lipinski definition) is 4. The van der Waals surface area contributed by atoms with E-state index in [9.17, 15) is 0 Å². The molecule has 1 N–H and O–H groups in total. The van der Waals surface area contributed by atoms with Crippen LogP contribution in [0.25, 0.3) is 10.9 Å². The topological polar surface area (TPSA) is 37.8 Å². The molecule has 0 radical (unpaired) electrons. The molecule has 4 heteroatoms. The summed E-state index contributed by atoms with van der Waals surface area (Å²) in [5.74, 6) is 1.92. The van der Waals surface area contributed by atoms with E-state index in [1.165, 1.54) is 5.56 Å². The normalized spacial score (nSPS) is 10.8. The highest BCUT2D eigenvalue weighted by molar-refractivity contribution is 7.99. The number of aryl methyl sites for hydroxylation is 1. The lowest BCUT2D eigenvalue weighted by Gasteiger charge is -2.10. The Kier molecular flexibility index (Phi) is 5.48. The summed E-state index contributed by atoms with van der Waals surface area (Å²) in [6.45, 7) is 3.03. The third kappa shape index (κ3) is 4.23. The molecular formula is C19H21N3S. The molecule has 0 spiro atoms. The van der Waals surface area contributed by atoms with Gasteiger partial charge in [0.1, 0.15) is 5.82 Å². The Labute approximate surface area is 141 Å². The Morgan fingerprint density at radius 2 is 1.74 bits per heavy atom. The van der Waals surface area contributed by atoms with Crippen molar-refractivity contribution in [1.82, 2.24) is 9.97 Å². The molecule has 118 valence electrons. The Morgan fingerprint density at radius 1 is 0.957 bits per heavy atom. The summed E-state index contributed by atoms with van der Waals surface area (Å²) in [5, 5.41) is 5.43. The summed E-state index contributed by atoms with van der Waals surface area (Å²) in [6.07, 6.45) is 2.16. The molecule has 3 aromatic rings. The van der Waals surface area contributed by atoms with Gasteiger partial charge in [0.15, 0.2) is 5.16 Å². The molecule has 0 aliphatic carbocycles. The minimum absolute atomic E-state index is 0.844. The van der Waals surface area contributed by atoms with Crippen LogP contribution in [-0.4, -0.2) is 22.3 Å². The van der Waals surface area contributed by atoms with E-state index in [1.807, 2.05) is 18.2 Å².